The first-order valence-electron chi connectivity index (χ1n) is 10.7. The molecule has 0 radical (unpaired) electrons. The minimum atomic E-state index is -0.865. The number of nitrogens with one attached hydrogen (secondary N) is 2. The molecule has 0 unspecified atom stereocenters. The maximum atomic E-state index is 13.1. The number of carbonyl (C=O) groups excluding carboxylic acids is 4. The summed E-state index contributed by atoms with van der Waals surface area (Å²) in [6.07, 6.45) is 1.31. The number of urea groups is 1. The molecule has 4 rings (SSSR count). The standard InChI is InChI=1S/C26H20ClN3O6/c1-35-20-12-10-19(11-13-20)30-25(33)21(24(32)29-26(30)34)14-16-4-2-3-5-22(16)36-15-23(31)28-18-8-6-17(27)7-9-18/h2-14H,15H2,1H3,(H,28,31)(H,29,32,34)/b21-14+. The first kappa shape index (κ1) is 24.5. The maximum Gasteiger partial charge on any atom is 0.335 e. The summed E-state index contributed by atoms with van der Waals surface area (Å²) in [6.45, 7) is -0.320. The highest BCUT2D eigenvalue weighted by Crippen LogP contribution is 2.26. The number of methoxy groups -OCH3 is 1. The van der Waals surface area contributed by atoms with E-state index in [4.69, 9.17) is 21.1 Å². The molecule has 0 bridgehead atoms. The van der Waals surface area contributed by atoms with E-state index in [1.54, 1.807) is 60.7 Å². The second-order valence-corrected chi connectivity index (χ2v) is 7.97. The van der Waals surface area contributed by atoms with Gasteiger partial charge in [0, 0.05) is 16.3 Å². The summed E-state index contributed by atoms with van der Waals surface area (Å²) in [6, 6.07) is 18.6. The summed E-state index contributed by atoms with van der Waals surface area (Å²) in [5.74, 6) is -1.25. The van der Waals surface area contributed by atoms with Gasteiger partial charge in [0.2, 0.25) is 0 Å². The molecular formula is C26H20ClN3O6. The monoisotopic (exact) mass is 505 g/mol. The molecule has 9 nitrogen and oxygen atoms in total. The molecule has 10 heteroatoms. The van der Waals surface area contributed by atoms with Gasteiger partial charge in [-0.1, -0.05) is 29.8 Å². The molecule has 3 aromatic rings. The van der Waals surface area contributed by atoms with E-state index in [9.17, 15) is 19.2 Å². The first-order chi connectivity index (χ1) is 17.4. The predicted molar refractivity (Wildman–Crippen MR) is 134 cm³/mol. The van der Waals surface area contributed by atoms with Gasteiger partial charge in [0.15, 0.2) is 6.61 Å². The van der Waals surface area contributed by atoms with Crippen LogP contribution < -0.4 is 25.0 Å². The van der Waals surface area contributed by atoms with Crippen LogP contribution in [0.3, 0.4) is 0 Å². The molecule has 1 heterocycles. The Morgan fingerprint density at radius 2 is 1.69 bits per heavy atom. The van der Waals surface area contributed by atoms with Gasteiger partial charge < -0.3 is 14.8 Å². The van der Waals surface area contributed by atoms with Crippen LogP contribution >= 0.6 is 11.6 Å². The smallest absolute Gasteiger partial charge is 0.335 e. The van der Waals surface area contributed by atoms with E-state index in [0.717, 1.165) is 4.90 Å². The molecule has 5 amide bonds. The van der Waals surface area contributed by atoms with Gasteiger partial charge in [-0.15, -0.1) is 0 Å². The van der Waals surface area contributed by atoms with Gasteiger partial charge in [0.1, 0.15) is 17.1 Å². The number of hydrogen-bond acceptors (Lipinski definition) is 6. The number of imide groups is 2. The number of ether oxygens (including phenoxy) is 2. The van der Waals surface area contributed by atoms with Crippen molar-refractivity contribution in [3.05, 3.63) is 89.0 Å². The Hall–Kier alpha value is -4.63. The molecule has 1 fully saturated rings. The third-order valence-corrected chi connectivity index (χ3v) is 5.39. The van der Waals surface area contributed by atoms with E-state index >= 15 is 0 Å². The van der Waals surface area contributed by atoms with Gasteiger partial charge >= 0.3 is 6.03 Å². The molecule has 2 N–H and O–H groups in total. The van der Waals surface area contributed by atoms with Crippen LogP contribution in [-0.4, -0.2) is 37.5 Å². The lowest BCUT2D eigenvalue weighted by Gasteiger charge is -2.26. The zero-order chi connectivity index (χ0) is 25.7. The van der Waals surface area contributed by atoms with Gasteiger partial charge in [-0.3, -0.25) is 19.7 Å². The van der Waals surface area contributed by atoms with Crippen LogP contribution in [0.5, 0.6) is 11.5 Å². The van der Waals surface area contributed by atoms with Crippen LogP contribution in [0.1, 0.15) is 5.56 Å². The Morgan fingerprint density at radius 1 is 1.00 bits per heavy atom. The zero-order valence-electron chi connectivity index (χ0n) is 19.0. The Bertz CT molecular complexity index is 1350. The highest BCUT2D eigenvalue weighted by atomic mass is 35.5. The van der Waals surface area contributed by atoms with E-state index in [1.807, 2.05) is 0 Å². The number of carbonyl (C=O) groups is 4. The molecule has 0 saturated carbocycles. The van der Waals surface area contributed by atoms with Crippen molar-refractivity contribution in [2.45, 2.75) is 0 Å². The number of benzene rings is 3. The number of para-hydroxylation sites is 1. The van der Waals surface area contributed by atoms with Gasteiger partial charge in [-0.25, -0.2) is 9.69 Å². The number of rotatable bonds is 7. The van der Waals surface area contributed by atoms with Crippen LogP contribution in [-0.2, 0) is 14.4 Å². The molecule has 0 aromatic heterocycles. The van der Waals surface area contributed by atoms with Crippen LogP contribution in [0, 0.1) is 0 Å². The Morgan fingerprint density at radius 3 is 2.39 bits per heavy atom. The van der Waals surface area contributed by atoms with Crippen LogP contribution in [0.2, 0.25) is 5.02 Å². The predicted octanol–water partition coefficient (Wildman–Crippen LogP) is 4.03. The van der Waals surface area contributed by atoms with Gasteiger partial charge in [-0.05, 0) is 60.7 Å². The topological polar surface area (TPSA) is 114 Å². The number of hydrogen-bond donors (Lipinski definition) is 2. The third-order valence-electron chi connectivity index (χ3n) is 5.14. The molecule has 0 spiro atoms. The van der Waals surface area contributed by atoms with Crippen molar-refractivity contribution in [1.29, 1.82) is 0 Å². The van der Waals surface area contributed by atoms with Crippen molar-refractivity contribution in [2.75, 3.05) is 23.9 Å². The summed E-state index contributed by atoms with van der Waals surface area (Å²) in [5, 5.41) is 5.39. The van der Waals surface area contributed by atoms with E-state index < -0.39 is 23.8 Å². The Balaban J connectivity index is 1.53. The fourth-order valence-electron chi connectivity index (χ4n) is 3.38. The van der Waals surface area contributed by atoms with Gasteiger partial charge in [0.25, 0.3) is 17.7 Å². The van der Waals surface area contributed by atoms with Gasteiger partial charge in [0.05, 0.1) is 12.8 Å². The summed E-state index contributed by atoms with van der Waals surface area (Å²) in [5.41, 5.74) is 0.919. The average molecular weight is 506 g/mol. The van der Waals surface area contributed by atoms with E-state index in [2.05, 4.69) is 10.6 Å². The quantitative estimate of drug-likeness (QED) is 0.370. The Kier molecular flexibility index (Phi) is 7.31. The number of halogens is 1. The number of barbiturate groups is 1. The maximum absolute atomic E-state index is 13.1. The normalized spacial score (nSPS) is 14.4. The first-order valence-corrected chi connectivity index (χ1v) is 11.1. The summed E-state index contributed by atoms with van der Waals surface area (Å²) in [7, 11) is 1.49. The van der Waals surface area contributed by atoms with Crippen molar-refractivity contribution in [3.8, 4) is 11.5 Å². The fraction of sp³-hybridized carbons (Fsp3) is 0.0769. The van der Waals surface area contributed by atoms with E-state index in [0.29, 0.717) is 22.0 Å². The molecule has 3 aromatic carbocycles. The third kappa shape index (κ3) is 5.53. The van der Waals surface area contributed by atoms with Crippen LogP contribution in [0.15, 0.2) is 78.4 Å². The summed E-state index contributed by atoms with van der Waals surface area (Å²) >= 11 is 5.85. The molecule has 0 aliphatic carbocycles. The lowest BCUT2D eigenvalue weighted by molar-refractivity contribution is -0.122. The van der Waals surface area contributed by atoms with E-state index in [-0.39, 0.29) is 23.6 Å². The minimum absolute atomic E-state index is 0.264. The lowest BCUT2D eigenvalue weighted by Crippen LogP contribution is -2.54. The molecule has 1 saturated heterocycles. The van der Waals surface area contributed by atoms with Crippen molar-refractivity contribution in [3.63, 3.8) is 0 Å². The minimum Gasteiger partial charge on any atom is -0.497 e. The number of amides is 5. The molecular weight excluding hydrogens is 486 g/mol. The lowest BCUT2D eigenvalue weighted by atomic mass is 10.1. The van der Waals surface area contributed by atoms with Crippen molar-refractivity contribution in [1.82, 2.24) is 5.32 Å². The van der Waals surface area contributed by atoms with Crippen molar-refractivity contribution in [2.24, 2.45) is 0 Å². The van der Waals surface area contributed by atoms with Crippen LogP contribution in [0.25, 0.3) is 6.08 Å². The molecule has 182 valence electrons. The average Bonchev–Trinajstić information content (AvgIpc) is 2.87. The fourth-order valence-corrected chi connectivity index (χ4v) is 3.51. The second kappa shape index (κ2) is 10.7. The molecule has 1 aliphatic rings. The molecule has 0 atom stereocenters. The van der Waals surface area contributed by atoms with Gasteiger partial charge in [-0.2, -0.15) is 0 Å². The van der Waals surface area contributed by atoms with Crippen LogP contribution in [0.4, 0.5) is 16.2 Å². The van der Waals surface area contributed by atoms with Crippen molar-refractivity contribution < 1.29 is 28.7 Å². The summed E-state index contributed by atoms with van der Waals surface area (Å²) < 4.78 is 10.7. The molecule has 1 aliphatic heterocycles. The highest BCUT2D eigenvalue weighted by Gasteiger charge is 2.37. The van der Waals surface area contributed by atoms with E-state index in [1.165, 1.54) is 25.3 Å². The largest absolute Gasteiger partial charge is 0.497 e. The number of anilines is 2. The Labute approximate surface area is 211 Å². The highest BCUT2D eigenvalue weighted by molar-refractivity contribution is 6.39. The number of nitrogens with zero attached hydrogens (tertiary/aromatic N) is 1. The molecule has 36 heavy (non-hydrogen) atoms. The second-order valence-electron chi connectivity index (χ2n) is 7.54. The SMILES string of the molecule is COc1ccc(N2C(=O)NC(=O)/C(=C\c3ccccc3OCC(=O)Nc3ccc(Cl)cc3)C2=O)cc1. The van der Waals surface area contributed by atoms with Crippen molar-refractivity contribution >= 4 is 52.8 Å². The zero-order valence-corrected chi connectivity index (χ0v) is 19.7. The summed E-state index contributed by atoms with van der Waals surface area (Å²) in [4.78, 5) is 51.2.